The van der Waals surface area contributed by atoms with Crippen LogP contribution in [-0.4, -0.2) is 34.4 Å². The van der Waals surface area contributed by atoms with Crippen molar-refractivity contribution in [2.75, 3.05) is 18.5 Å². The third kappa shape index (κ3) is 4.97. The minimum absolute atomic E-state index is 0.0145. The number of esters is 1. The first kappa shape index (κ1) is 25.3. The summed E-state index contributed by atoms with van der Waals surface area (Å²) in [5.74, 6) is -0.918. The number of ether oxygens (including phenoxy) is 2. The Morgan fingerprint density at radius 1 is 1.05 bits per heavy atom. The predicted octanol–water partition coefficient (Wildman–Crippen LogP) is 6.00. The minimum Gasteiger partial charge on any atom is -0.425 e. The molecule has 2 heterocycles. The zero-order valence-electron chi connectivity index (χ0n) is 19.9. The summed E-state index contributed by atoms with van der Waals surface area (Å²) in [6.45, 7) is 2.74. The van der Waals surface area contributed by atoms with Gasteiger partial charge >= 0.3 is 11.7 Å². The zero-order valence-corrected chi connectivity index (χ0v) is 21.4. The van der Waals surface area contributed by atoms with Crippen molar-refractivity contribution in [1.82, 2.24) is 9.13 Å². The van der Waals surface area contributed by atoms with Gasteiger partial charge in [0.05, 0.1) is 32.5 Å². The molecular formula is C27H24Cl2FN3O4. The highest BCUT2D eigenvalue weighted by Gasteiger charge is 2.25. The van der Waals surface area contributed by atoms with Crippen LogP contribution in [0.25, 0.3) is 16.7 Å². The second-order valence-electron chi connectivity index (χ2n) is 8.82. The number of hydrogen-bond donors (Lipinski definition) is 1. The van der Waals surface area contributed by atoms with Crippen LogP contribution in [0.4, 0.5) is 10.1 Å². The maximum atomic E-state index is 14.1. The normalized spacial score (nSPS) is 15.0. The average molecular weight is 544 g/mol. The van der Waals surface area contributed by atoms with Gasteiger partial charge in [-0.1, -0.05) is 35.3 Å². The summed E-state index contributed by atoms with van der Waals surface area (Å²) in [5, 5.41) is 3.37. The molecule has 1 fully saturated rings. The quantitative estimate of drug-likeness (QED) is 0.238. The van der Waals surface area contributed by atoms with Gasteiger partial charge in [-0.25, -0.2) is 14.0 Å². The third-order valence-corrected chi connectivity index (χ3v) is 7.01. The highest BCUT2D eigenvalue weighted by atomic mass is 35.5. The van der Waals surface area contributed by atoms with E-state index in [1.165, 1.54) is 18.2 Å². The van der Waals surface area contributed by atoms with E-state index in [4.69, 9.17) is 32.7 Å². The Labute approximate surface area is 222 Å². The first-order valence-electron chi connectivity index (χ1n) is 11.9. The number of halogens is 3. The Morgan fingerprint density at radius 3 is 2.43 bits per heavy atom. The van der Waals surface area contributed by atoms with Gasteiger partial charge in [-0.15, -0.1) is 0 Å². The van der Waals surface area contributed by atoms with Gasteiger partial charge < -0.3 is 14.8 Å². The molecule has 3 aromatic carbocycles. The van der Waals surface area contributed by atoms with Crippen molar-refractivity contribution in [1.29, 1.82) is 0 Å². The Morgan fingerprint density at radius 2 is 1.73 bits per heavy atom. The molecule has 0 aliphatic carbocycles. The van der Waals surface area contributed by atoms with E-state index in [1.54, 1.807) is 46.4 Å². The van der Waals surface area contributed by atoms with E-state index in [1.807, 2.05) is 12.1 Å². The van der Waals surface area contributed by atoms with Crippen molar-refractivity contribution in [2.24, 2.45) is 0 Å². The molecule has 1 aromatic heterocycles. The van der Waals surface area contributed by atoms with Crippen LogP contribution in [0.1, 0.15) is 25.8 Å². The van der Waals surface area contributed by atoms with Crippen molar-refractivity contribution in [3.8, 4) is 11.4 Å². The number of nitrogens with zero attached hydrogens (tertiary/aromatic N) is 2. The third-order valence-electron chi connectivity index (χ3n) is 6.39. The van der Waals surface area contributed by atoms with Crippen LogP contribution < -0.4 is 15.7 Å². The molecule has 5 rings (SSSR count). The molecule has 1 aliphatic rings. The molecule has 0 saturated carbocycles. The summed E-state index contributed by atoms with van der Waals surface area (Å²) in [6, 6.07) is 15.4. The van der Waals surface area contributed by atoms with Gasteiger partial charge in [0.15, 0.2) is 0 Å². The molecule has 0 radical (unpaired) electrons. The van der Waals surface area contributed by atoms with Crippen molar-refractivity contribution < 1.29 is 18.7 Å². The maximum Gasteiger partial charge on any atom is 0.334 e. The summed E-state index contributed by atoms with van der Waals surface area (Å²) in [7, 11) is 0. The van der Waals surface area contributed by atoms with Crippen molar-refractivity contribution in [3.63, 3.8) is 0 Å². The van der Waals surface area contributed by atoms with E-state index in [2.05, 4.69) is 5.32 Å². The molecule has 1 saturated heterocycles. The standard InChI is InChI=1S/C27H24Cl2FN3O4/c1-16(31-24-20(28)4-2-6-22(24)30)26(34)37-19-10-8-17(9-11-19)33-25-21(29)5-3-7-23(25)32(27(33)35)18-12-14-36-15-13-18/h2-11,16,18,31H,12-15H2,1H3/t16-/m0/s1. The lowest BCUT2D eigenvalue weighted by Gasteiger charge is -2.23. The zero-order chi connectivity index (χ0) is 26.1. The van der Waals surface area contributed by atoms with Gasteiger partial charge in [0.1, 0.15) is 17.6 Å². The number of carbonyl (C=O) groups excluding carboxylic acids is 1. The van der Waals surface area contributed by atoms with Crippen molar-refractivity contribution in [3.05, 3.63) is 87.0 Å². The first-order valence-corrected chi connectivity index (χ1v) is 12.6. The second-order valence-corrected chi connectivity index (χ2v) is 9.63. The Bertz CT molecular complexity index is 1490. The molecule has 4 aromatic rings. The molecule has 0 spiro atoms. The van der Waals surface area contributed by atoms with E-state index >= 15 is 0 Å². The van der Waals surface area contributed by atoms with Gasteiger partial charge in [-0.05, 0) is 68.3 Å². The highest BCUT2D eigenvalue weighted by Crippen LogP contribution is 2.31. The van der Waals surface area contributed by atoms with E-state index in [-0.39, 0.29) is 28.2 Å². The number of rotatable bonds is 6. The molecule has 7 nitrogen and oxygen atoms in total. The fourth-order valence-electron chi connectivity index (χ4n) is 4.54. The number of nitrogens with one attached hydrogen (secondary N) is 1. The largest absolute Gasteiger partial charge is 0.425 e. The average Bonchev–Trinajstić information content (AvgIpc) is 3.20. The van der Waals surface area contributed by atoms with Crippen LogP contribution in [0.2, 0.25) is 10.0 Å². The van der Waals surface area contributed by atoms with Crippen LogP contribution in [0.5, 0.6) is 5.75 Å². The topological polar surface area (TPSA) is 74.5 Å². The van der Waals surface area contributed by atoms with Crippen LogP contribution in [0.3, 0.4) is 0 Å². The molecule has 1 atom stereocenters. The Kier molecular flexibility index (Phi) is 7.24. The SMILES string of the molecule is C[C@H](Nc1c(F)cccc1Cl)C(=O)Oc1ccc(-n2c(=O)n(C3CCOCC3)c3cccc(Cl)c32)cc1. The molecular weight excluding hydrogens is 520 g/mol. The summed E-state index contributed by atoms with van der Waals surface area (Å²) < 4.78 is 28.4. The number of anilines is 1. The summed E-state index contributed by atoms with van der Waals surface area (Å²) >= 11 is 12.6. The van der Waals surface area contributed by atoms with E-state index in [0.29, 0.717) is 29.4 Å². The Balaban J connectivity index is 1.40. The second kappa shape index (κ2) is 10.6. The van der Waals surface area contributed by atoms with Gasteiger partial charge in [0.2, 0.25) is 0 Å². The summed E-state index contributed by atoms with van der Waals surface area (Å²) in [6.07, 6.45) is 1.48. The molecule has 0 bridgehead atoms. The van der Waals surface area contributed by atoms with Gasteiger partial charge in [0, 0.05) is 19.3 Å². The molecule has 0 unspecified atom stereocenters. The molecule has 0 amide bonds. The molecule has 37 heavy (non-hydrogen) atoms. The van der Waals surface area contributed by atoms with Gasteiger partial charge in [0.25, 0.3) is 0 Å². The molecule has 1 aliphatic heterocycles. The van der Waals surface area contributed by atoms with E-state index < -0.39 is 17.8 Å². The van der Waals surface area contributed by atoms with Crippen LogP contribution in [-0.2, 0) is 9.53 Å². The summed E-state index contributed by atoms with van der Waals surface area (Å²) in [4.78, 5) is 26.2. The van der Waals surface area contributed by atoms with Crippen molar-refractivity contribution >= 4 is 45.9 Å². The smallest absolute Gasteiger partial charge is 0.334 e. The maximum absolute atomic E-state index is 14.1. The van der Waals surface area contributed by atoms with Crippen molar-refractivity contribution in [2.45, 2.75) is 31.8 Å². The van der Waals surface area contributed by atoms with Crippen LogP contribution in [0, 0.1) is 5.82 Å². The van der Waals surface area contributed by atoms with Crippen LogP contribution >= 0.6 is 23.2 Å². The fraction of sp³-hybridized carbons (Fsp3) is 0.259. The minimum atomic E-state index is -0.868. The first-order chi connectivity index (χ1) is 17.8. The monoisotopic (exact) mass is 543 g/mol. The lowest BCUT2D eigenvalue weighted by molar-refractivity contribution is -0.134. The lowest BCUT2D eigenvalue weighted by Crippen LogP contribution is -2.31. The number of hydrogen-bond acceptors (Lipinski definition) is 5. The summed E-state index contributed by atoms with van der Waals surface area (Å²) in [5.41, 5.74) is 1.79. The number of para-hydroxylation sites is 2. The molecule has 10 heteroatoms. The van der Waals surface area contributed by atoms with E-state index in [9.17, 15) is 14.0 Å². The highest BCUT2D eigenvalue weighted by molar-refractivity contribution is 6.35. The number of fused-ring (bicyclic) bond motifs is 1. The molecule has 1 N–H and O–H groups in total. The van der Waals surface area contributed by atoms with Gasteiger partial charge in [-0.2, -0.15) is 0 Å². The fourth-order valence-corrected chi connectivity index (χ4v) is 5.01. The van der Waals surface area contributed by atoms with Crippen LogP contribution in [0.15, 0.2) is 65.5 Å². The molecule has 192 valence electrons. The van der Waals surface area contributed by atoms with E-state index in [0.717, 1.165) is 18.4 Å². The number of benzene rings is 3. The number of aromatic nitrogens is 2. The number of carbonyl (C=O) groups is 1. The predicted molar refractivity (Wildman–Crippen MR) is 142 cm³/mol. The Hall–Kier alpha value is -3.33. The lowest BCUT2D eigenvalue weighted by atomic mass is 10.1. The number of imidazole rings is 1. The van der Waals surface area contributed by atoms with Gasteiger partial charge in [-0.3, -0.25) is 9.13 Å².